The monoisotopic (exact) mass is 647 g/mol. The Bertz CT molecular complexity index is 1930. The van der Waals surface area contributed by atoms with E-state index in [2.05, 4.69) is 86.5 Å². The molecule has 0 radical (unpaired) electrons. The molecule has 7 heteroatoms. The van der Waals surface area contributed by atoms with Gasteiger partial charge in [0.2, 0.25) is 0 Å². The largest absolute Gasteiger partial charge is 0.486 e. The first-order valence-corrected chi connectivity index (χ1v) is 14.9. The lowest BCUT2D eigenvalue weighted by Crippen LogP contribution is -2.17. The van der Waals surface area contributed by atoms with Crippen molar-refractivity contribution in [3.05, 3.63) is 153 Å². The number of benzene rings is 5. The smallest absolute Gasteiger partial charge is 0.271 e. The average molecular weight is 649 g/mol. The summed E-state index contributed by atoms with van der Waals surface area (Å²) in [6.07, 6.45) is 1.55. The molecule has 0 saturated heterocycles. The summed E-state index contributed by atoms with van der Waals surface area (Å²) in [5, 5.41) is 6.92. The van der Waals surface area contributed by atoms with Crippen LogP contribution in [0.4, 0.5) is 0 Å². The molecular formula is C36H27BrClN3O2. The van der Waals surface area contributed by atoms with Crippen LogP contribution in [0.5, 0.6) is 5.75 Å². The second kappa shape index (κ2) is 12.7. The summed E-state index contributed by atoms with van der Waals surface area (Å²) < 4.78 is 8.91. The van der Waals surface area contributed by atoms with E-state index >= 15 is 0 Å². The van der Waals surface area contributed by atoms with Crippen molar-refractivity contribution in [2.45, 2.75) is 13.5 Å². The van der Waals surface area contributed by atoms with Crippen molar-refractivity contribution in [2.75, 3.05) is 0 Å². The van der Waals surface area contributed by atoms with Crippen molar-refractivity contribution in [1.29, 1.82) is 0 Å². The molecule has 0 spiro atoms. The number of hydrazone groups is 1. The highest BCUT2D eigenvalue weighted by Gasteiger charge is 2.12. The van der Waals surface area contributed by atoms with E-state index in [4.69, 9.17) is 16.3 Å². The third-order valence-electron chi connectivity index (χ3n) is 7.13. The number of aryl methyl sites for hydroxylation is 1. The summed E-state index contributed by atoms with van der Waals surface area (Å²) in [4.78, 5) is 12.8. The van der Waals surface area contributed by atoms with Crippen LogP contribution in [0.2, 0.25) is 5.02 Å². The van der Waals surface area contributed by atoms with E-state index in [1.54, 1.807) is 24.4 Å². The van der Waals surface area contributed by atoms with Crippen molar-refractivity contribution < 1.29 is 9.53 Å². The van der Waals surface area contributed by atoms with Gasteiger partial charge in [0.15, 0.2) is 5.75 Å². The zero-order chi connectivity index (χ0) is 29.8. The van der Waals surface area contributed by atoms with Crippen molar-refractivity contribution in [3.63, 3.8) is 0 Å². The van der Waals surface area contributed by atoms with Gasteiger partial charge in [0, 0.05) is 16.9 Å². The minimum Gasteiger partial charge on any atom is -0.486 e. The molecule has 1 aromatic heterocycles. The number of halogens is 2. The second-order valence-electron chi connectivity index (χ2n) is 10.1. The molecule has 0 unspecified atom stereocenters. The molecule has 1 heterocycles. The van der Waals surface area contributed by atoms with Crippen molar-refractivity contribution in [1.82, 2.24) is 9.99 Å². The molecule has 6 rings (SSSR count). The number of aromatic nitrogens is 1. The SMILES string of the molecule is Cc1ccc(-c2ccccc2)n1-c1ccc(C(=O)NN=Cc2cc(Cl)c(OCc3ccc4ccccc4c3)c(Br)c2)cc1. The van der Waals surface area contributed by atoms with Crippen LogP contribution in [-0.4, -0.2) is 16.7 Å². The van der Waals surface area contributed by atoms with Crippen LogP contribution >= 0.6 is 27.5 Å². The number of carbonyl (C=O) groups excluding carboxylic acids is 1. The summed E-state index contributed by atoms with van der Waals surface area (Å²) in [6.45, 7) is 2.44. The molecule has 0 atom stereocenters. The van der Waals surface area contributed by atoms with Crippen molar-refractivity contribution in [3.8, 4) is 22.7 Å². The third kappa shape index (κ3) is 6.41. The van der Waals surface area contributed by atoms with E-state index in [0.717, 1.165) is 33.6 Å². The van der Waals surface area contributed by atoms with Crippen molar-refractivity contribution in [2.24, 2.45) is 5.10 Å². The van der Waals surface area contributed by atoms with Crippen LogP contribution in [0, 0.1) is 6.92 Å². The van der Waals surface area contributed by atoms with E-state index < -0.39 is 0 Å². The Hall–Kier alpha value is -4.65. The van der Waals surface area contributed by atoms with Crippen LogP contribution in [0.25, 0.3) is 27.7 Å². The Morgan fingerprint density at radius 1 is 0.884 bits per heavy atom. The minimum atomic E-state index is -0.309. The van der Waals surface area contributed by atoms with Crippen LogP contribution in [0.15, 0.2) is 131 Å². The number of hydrogen-bond donors (Lipinski definition) is 1. The van der Waals surface area contributed by atoms with E-state index in [-0.39, 0.29) is 5.91 Å². The maximum absolute atomic E-state index is 12.8. The fraction of sp³-hybridized carbons (Fsp3) is 0.0556. The number of nitrogens with zero attached hydrogens (tertiary/aromatic N) is 2. The van der Waals surface area contributed by atoms with E-state index in [1.165, 1.54) is 5.39 Å². The molecule has 43 heavy (non-hydrogen) atoms. The lowest BCUT2D eigenvalue weighted by Gasteiger charge is -2.13. The molecule has 0 fully saturated rings. The van der Waals surface area contributed by atoms with Gasteiger partial charge in [-0.05, 0) is 105 Å². The molecule has 5 aromatic carbocycles. The van der Waals surface area contributed by atoms with Crippen LogP contribution in [-0.2, 0) is 6.61 Å². The summed E-state index contributed by atoms with van der Waals surface area (Å²) in [6, 6.07) is 39.9. The predicted molar refractivity (Wildman–Crippen MR) is 178 cm³/mol. The molecule has 6 aromatic rings. The second-order valence-corrected chi connectivity index (χ2v) is 11.4. The first-order chi connectivity index (χ1) is 21.0. The molecule has 5 nitrogen and oxygen atoms in total. The first kappa shape index (κ1) is 28.5. The number of nitrogens with one attached hydrogen (secondary N) is 1. The lowest BCUT2D eigenvalue weighted by molar-refractivity contribution is 0.0955. The highest BCUT2D eigenvalue weighted by molar-refractivity contribution is 9.10. The number of ether oxygens (including phenoxy) is 1. The van der Waals surface area contributed by atoms with Gasteiger partial charge in [0.1, 0.15) is 6.61 Å². The molecule has 0 saturated carbocycles. The predicted octanol–water partition coefficient (Wildman–Crippen LogP) is 9.36. The van der Waals surface area contributed by atoms with Gasteiger partial charge in [-0.15, -0.1) is 0 Å². The molecule has 0 bridgehead atoms. The van der Waals surface area contributed by atoms with Gasteiger partial charge in [0.05, 0.1) is 21.4 Å². The third-order valence-corrected chi connectivity index (χ3v) is 8.00. The Morgan fingerprint density at radius 3 is 2.40 bits per heavy atom. The summed E-state index contributed by atoms with van der Waals surface area (Å²) in [7, 11) is 0. The highest BCUT2D eigenvalue weighted by Crippen LogP contribution is 2.35. The minimum absolute atomic E-state index is 0.309. The van der Waals surface area contributed by atoms with Gasteiger partial charge in [0.25, 0.3) is 5.91 Å². The molecule has 0 aliphatic carbocycles. The van der Waals surface area contributed by atoms with Gasteiger partial charge in [-0.3, -0.25) is 4.79 Å². The van der Waals surface area contributed by atoms with E-state index in [0.29, 0.717) is 33.0 Å². The zero-order valence-corrected chi connectivity index (χ0v) is 25.6. The number of fused-ring (bicyclic) bond motifs is 1. The maximum atomic E-state index is 12.8. The molecule has 212 valence electrons. The van der Waals surface area contributed by atoms with Gasteiger partial charge in [-0.25, -0.2) is 5.43 Å². The Kier molecular flexibility index (Phi) is 8.40. The maximum Gasteiger partial charge on any atom is 0.271 e. The van der Waals surface area contributed by atoms with Crippen LogP contribution in [0.1, 0.15) is 27.2 Å². The normalized spacial score (nSPS) is 11.2. The van der Waals surface area contributed by atoms with E-state index in [1.807, 2.05) is 54.6 Å². The Labute approximate surface area is 263 Å². The summed E-state index contributed by atoms with van der Waals surface area (Å²) >= 11 is 10.1. The van der Waals surface area contributed by atoms with Crippen LogP contribution in [0.3, 0.4) is 0 Å². The van der Waals surface area contributed by atoms with E-state index in [9.17, 15) is 4.79 Å². The number of hydrogen-bond acceptors (Lipinski definition) is 3. The van der Waals surface area contributed by atoms with Crippen LogP contribution < -0.4 is 10.2 Å². The molecule has 0 aliphatic rings. The average Bonchev–Trinajstić information content (AvgIpc) is 3.42. The van der Waals surface area contributed by atoms with Gasteiger partial charge < -0.3 is 9.30 Å². The molecular weight excluding hydrogens is 622 g/mol. The van der Waals surface area contributed by atoms with Gasteiger partial charge in [-0.2, -0.15) is 5.10 Å². The number of carbonyl (C=O) groups is 1. The lowest BCUT2D eigenvalue weighted by atomic mass is 10.1. The van der Waals surface area contributed by atoms with Gasteiger partial charge in [-0.1, -0.05) is 78.3 Å². The Morgan fingerprint density at radius 2 is 1.63 bits per heavy atom. The highest BCUT2D eigenvalue weighted by atomic mass is 79.9. The Balaban J connectivity index is 1.09. The topological polar surface area (TPSA) is 55.6 Å². The fourth-order valence-corrected chi connectivity index (χ4v) is 5.97. The summed E-state index contributed by atoms with van der Waals surface area (Å²) in [5.41, 5.74) is 9.16. The molecule has 1 N–H and O–H groups in total. The standard InChI is InChI=1S/C36H27BrClN3O2/c1-24-11-18-34(28-8-3-2-4-9-28)41(24)31-16-14-29(15-17-31)36(42)40-39-22-26-20-32(37)35(33(38)21-26)43-23-25-12-13-27-7-5-6-10-30(27)19-25/h2-22H,23H2,1H3,(H,40,42). The summed E-state index contributed by atoms with van der Waals surface area (Å²) in [5.74, 6) is 0.236. The molecule has 1 amide bonds. The number of rotatable bonds is 8. The van der Waals surface area contributed by atoms with Crippen molar-refractivity contribution >= 4 is 50.4 Å². The van der Waals surface area contributed by atoms with Gasteiger partial charge >= 0.3 is 0 Å². The molecule has 0 aliphatic heterocycles. The quantitative estimate of drug-likeness (QED) is 0.132. The zero-order valence-electron chi connectivity index (χ0n) is 23.3. The first-order valence-electron chi connectivity index (χ1n) is 13.7. The fourth-order valence-electron chi connectivity index (χ4n) is 4.98. The number of amides is 1.